The fourth-order valence-electron chi connectivity index (χ4n) is 8.09. The normalized spacial score (nSPS) is 21.8. The summed E-state index contributed by atoms with van der Waals surface area (Å²) in [5.74, 6) is 0.0911. The Bertz CT molecular complexity index is 1290. The lowest BCUT2D eigenvalue weighted by molar-refractivity contribution is -0.155. The maximum absolute atomic E-state index is 12.2. The van der Waals surface area contributed by atoms with Crippen LogP contribution in [0, 0.1) is 17.8 Å². The van der Waals surface area contributed by atoms with Gasteiger partial charge in [0.05, 0.1) is 0 Å². The lowest BCUT2D eigenvalue weighted by Gasteiger charge is -2.43. The van der Waals surface area contributed by atoms with Crippen LogP contribution in [0.5, 0.6) is 0 Å². The van der Waals surface area contributed by atoms with Crippen molar-refractivity contribution in [3.05, 3.63) is 84.5 Å². The van der Waals surface area contributed by atoms with Crippen LogP contribution in [0.1, 0.15) is 106 Å². The van der Waals surface area contributed by atoms with Crippen LogP contribution in [0.15, 0.2) is 84.5 Å². The van der Waals surface area contributed by atoms with E-state index in [1.54, 1.807) is 0 Å². The maximum atomic E-state index is 12.2. The molecule has 2 aliphatic rings. The van der Waals surface area contributed by atoms with Crippen molar-refractivity contribution < 1.29 is 23.5 Å². The first kappa shape index (κ1) is 36.9. The van der Waals surface area contributed by atoms with Crippen LogP contribution in [0.25, 0.3) is 0 Å². The zero-order chi connectivity index (χ0) is 33.9. The summed E-state index contributed by atoms with van der Waals surface area (Å²) >= 11 is 0. The number of benzene rings is 2. The summed E-state index contributed by atoms with van der Waals surface area (Å²) in [4.78, 5) is 24.2. The fraction of sp³-hybridized carbons (Fsp3) is 0.561. The molecule has 0 heterocycles. The Morgan fingerprint density at radius 3 is 2.13 bits per heavy atom. The molecular formula is C41H58O5Si. The monoisotopic (exact) mass is 658 g/mol. The number of carbonyl (C=O) groups is 2. The highest BCUT2D eigenvalue weighted by Crippen LogP contribution is 2.50. The summed E-state index contributed by atoms with van der Waals surface area (Å²) < 4.78 is 18.8. The topological polar surface area (TPSA) is 61.8 Å². The van der Waals surface area contributed by atoms with Gasteiger partial charge in [-0.05, 0) is 78.3 Å². The molecule has 0 aliphatic heterocycles. The highest BCUT2D eigenvalue weighted by molar-refractivity contribution is 6.99. The van der Waals surface area contributed by atoms with Crippen LogP contribution in [-0.4, -0.2) is 39.1 Å². The Hall–Kier alpha value is -2.96. The van der Waals surface area contributed by atoms with E-state index in [0.29, 0.717) is 11.8 Å². The first-order valence-electron chi connectivity index (χ1n) is 18.0. The Labute approximate surface area is 285 Å². The first-order chi connectivity index (χ1) is 22.6. The third kappa shape index (κ3) is 9.57. The molecule has 1 saturated carbocycles. The molecule has 5 nitrogen and oxygen atoms in total. The van der Waals surface area contributed by atoms with Crippen molar-refractivity contribution in [3.63, 3.8) is 0 Å². The molecule has 0 bridgehead atoms. The minimum Gasteiger partial charge on any atom is -0.462 e. The number of esters is 2. The molecule has 0 N–H and O–H groups in total. The molecule has 0 unspecified atom stereocenters. The van der Waals surface area contributed by atoms with Gasteiger partial charge in [-0.1, -0.05) is 125 Å². The van der Waals surface area contributed by atoms with E-state index in [-0.39, 0.29) is 35.1 Å². The largest absolute Gasteiger partial charge is 0.462 e. The van der Waals surface area contributed by atoms with Gasteiger partial charge in [0.2, 0.25) is 0 Å². The van der Waals surface area contributed by atoms with E-state index in [2.05, 4.69) is 107 Å². The first-order valence-corrected chi connectivity index (χ1v) is 19.9. The van der Waals surface area contributed by atoms with Gasteiger partial charge in [0.15, 0.2) is 0 Å². The molecule has 0 aromatic heterocycles. The summed E-state index contributed by atoms with van der Waals surface area (Å²) in [6.07, 6.45) is 16.6. The van der Waals surface area contributed by atoms with Crippen molar-refractivity contribution in [2.24, 2.45) is 17.8 Å². The van der Waals surface area contributed by atoms with Gasteiger partial charge in [-0.3, -0.25) is 9.59 Å². The van der Waals surface area contributed by atoms with Crippen molar-refractivity contribution in [2.45, 2.75) is 123 Å². The summed E-state index contributed by atoms with van der Waals surface area (Å²) in [5, 5.41) is 2.63. The Morgan fingerprint density at radius 2 is 1.55 bits per heavy atom. The predicted octanol–water partition coefficient (Wildman–Crippen LogP) is 8.71. The highest BCUT2D eigenvalue weighted by Gasteiger charge is 2.51. The highest BCUT2D eigenvalue weighted by atomic mass is 28.4. The van der Waals surface area contributed by atoms with Crippen LogP contribution < -0.4 is 10.4 Å². The van der Waals surface area contributed by atoms with Gasteiger partial charge in [0.25, 0.3) is 8.32 Å². The standard InChI is InChI=1S/C41H58O5Si/c1-7-8-9-10-19-26-38(45-31(2)42)40-37-29-33(28-34(37)30-39(40)46-32(3)43)21-14-13-20-27-44-47(41(4,5)6,35-22-15-11-16-23-35)36-24-17-12-18-25-36/h11-12,15-19,22-26,28,34,37-40H,7-10,13-14,20-21,27,29-30H2,1-6H3/b26-19+/t34-,37-,38-,39+,40-/m0/s1. The molecule has 4 rings (SSSR count). The summed E-state index contributed by atoms with van der Waals surface area (Å²) in [6, 6.07) is 21.7. The van der Waals surface area contributed by atoms with Gasteiger partial charge >= 0.3 is 11.9 Å². The van der Waals surface area contributed by atoms with Gasteiger partial charge in [-0.25, -0.2) is 0 Å². The SMILES string of the molecule is CCCCC/C=C/[C@H](OC(C)=O)[C@@H]1[C@H]2CC(CCCCCO[Si](c3ccccc3)(c3ccccc3)C(C)(C)C)=C[C@H]2C[C@H]1OC(C)=O. The van der Waals surface area contributed by atoms with Gasteiger partial charge < -0.3 is 13.9 Å². The fourth-order valence-corrected chi connectivity index (χ4v) is 12.7. The van der Waals surface area contributed by atoms with Crippen molar-refractivity contribution in [3.8, 4) is 0 Å². The van der Waals surface area contributed by atoms with Gasteiger partial charge in [-0.2, -0.15) is 0 Å². The van der Waals surface area contributed by atoms with Crippen LogP contribution >= 0.6 is 0 Å². The second-order valence-electron chi connectivity index (χ2n) is 14.6. The van der Waals surface area contributed by atoms with E-state index >= 15 is 0 Å². The Morgan fingerprint density at radius 1 is 0.894 bits per heavy atom. The minimum atomic E-state index is -2.50. The molecule has 2 aromatic rings. The average Bonchev–Trinajstić information content (AvgIpc) is 3.56. The predicted molar refractivity (Wildman–Crippen MR) is 194 cm³/mol. The lowest BCUT2D eigenvalue weighted by Crippen LogP contribution is -2.66. The van der Waals surface area contributed by atoms with Crippen LogP contribution in [0.2, 0.25) is 5.04 Å². The zero-order valence-corrected chi connectivity index (χ0v) is 30.7. The molecule has 6 heteroatoms. The molecule has 0 saturated heterocycles. The second kappa shape index (κ2) is 17.4. The molecule has 0 amide bonds. The van der Waals surface area contributed by atoms with E-state index in [9.17, 15) is 9.59 Å². The average molecular weight is 659 g/mol. The van der Waals surface area contributed by atoms with E-state index in [1.165, 1.54) is 42.6 Å². The number of unbranched alkanes of at least 4 members (excludes halogenated alkanes) is 5. The maximum Gasteiger partial charge on any atom is 0.303 e. The van der Waals surface area contributed by atoms with E-state index in [1.807, 2.05) is 0 Å². The minimum absolute atomic E-state index is 0.0166. The molecule has 256 valence electrons. The number of ether oxygens (including phenoxy) is 2. The summed E-state index contributed by atoms with van der Waals surface area (Å²) in [6.45, 7) is 12.9. The number of rotatable bonds is 17. The van der Waals surface area contributed by atoms with Gasteiger partial charge in [0, 0.05) is 26.4 Å². The van der Waals surface area contributed by atoms with E-state index in [0.717, 1.165) is 58.0 Å². The van der Waals surface area contributed by atoms with E-state index in [4.69, 9.17) is 13.9 Å². The molecule has 2 aliphatic carbocycles. The quantitative estimate of drug-likeness (QED) is 0.0737. The van der Waals surface area contributed by atoms with Crippen LogP contribution in [-0.2, 0) is 23.5 Å². The number of allylic oxidation sites excluding steroid dienone is 3. The molecule has 0 spiro atoms. The van der Waals surface area contributed by atoms with Crippen molar-refractivity contribution >= 4 is 30.6 Å². The molecule has 1 fully saturated rings. The third-order valence-corrected chi connectivity index (χ3v) is 15.1. The molecule has 47 heavy (non-hydrogen) atoms. The van der Waals surface area contributed by atoms with Gasteiger partial charge in [-0.15, -0.1) is 0 Å². The molecule has 0 radical (unpaired) electrons. The van der Waals surface area contributed by atoms with Crippen LogP contribution in [0.3, 0.4) is 0 Å². The zero-order valence-electron chi connectivity index (χ0n) is 29.7. The Balaban J connectivity index is 1.37. The number of carbonyl (C=O) groups excluding carboxylic acids is 2. The number of hydrogen-bond donors (Lipinski definition) is 0. The molecule has 5 atom stereocenters. The van der Waals surface area contributed by atoms with Crippen molar-refractivity contribution in [1.29, 1.82) is 0 Å². The second-order valence-corrected chi connectivity index (χ2v) is 18.9. The summed E-state index contributed by atoms with van der Waals surface area (Å²) in [7, 11) is -2.50. The third-order valence-electron chi connectivity index (χ3n) is 10.1. The van der Waals surface area contributed by atoms with Crippen molar-refractivity contribution in [1.82, 2.24) is 0 Å². The molecular weight excluding hydrogens is 601 g/mol. The van der Waals surface area contributed by atoms with Gasteiger partial charge in [0.1, 0.15) is 12.2 Å². The van der Waals surface area contributed by atoms with E-state index < -0.39 is 8.32 Å². The van der Waals surface area contributed by atoms with Crippen LogP contribution in [0.4, 0.5) is 0 Å². The Kier molecular flexibility index (Phi) is 13.7. The summed E-state index contributed by atoms with van der Waals surface area (Å²) in [5.41, 5.74) is 1.49. The number of fused-ring (bicyclic) bond motifs is 1. The smallest absolute Gasteiger partial charge is 0.303 e. The number of hydrogen-bond acceptors (Lipinski definition) is 5. The molecule has 2 aromatic carbocycles. The van der Waals surface area contributed by atoms with Crippen molar-refractivity contribution in [2.75, 3.05) is 6.61 Å². The lowest BCUT2D eigenvalue weighted by atomic mass is 9.84.